The minimum absolute atomic E-state index is 0.0105. The van der Waals surface area contributed by atoms with Crippen LogP contribution in [0.5, 0.6) is 0 Å². The van der Waals surface area contributed by atoms with Crippen LogP contribution in [0, 0.1) is 5.41 Å². The van der Waals surface area contributed by atoms with E-state index in [9.17, 15) is 9.59 Å². The molecule has 2 unspecified atom stereocenters. The lowest BCUT2D eigenvalue weighted by atomic mass is 9.64. The maximum absolute atomic E-state index is 12.8. The minimum Gasteiger partial charge on any atom is -0.463 e. The summed E-state index contributed by atoms with van der Waals surface area (Å²) in [4.78, 5) is 25.3. The van der Waals surface area contributed by atoms with Crippen molar-refractivity contribution in [2.24, 2.45) is 5.41 Å². The molecule has 0 radical (unpaired) electrons. The Kier molecular flexibility index (Phi) is 31.6. The van der Waals surface area contributed by atoms with Crippen LogP contribution in [-0.4, -0.2) is 49.4 Å². The van der Waals surface area contributed by atoms with Crippen molar-refractivity contribution in [3.63, 3.8) is 0 Å². The summed E-state index contributed by atoms with van der Waals surface area (Å²) in [6.07, 6.45) is 44.2. The van der Waals surface area contributed by atoms with Crippen molar-refractivity contribution < 1.29 is 23.8 Å². The van der Waals surface area contributed by atoms with Crippen LogP contribution in [0.3, 0.4) is 0 Å². The van der Waals surface area contributed by atoms with Crippen molar-refractivity contribution in [3.05, 3.63) is 0 Å². The maximum Gasteiger partial charge on any atom is 0.306 e. The highest BCUT2D eigenvalue weighted by Crippen LogP contribution is 2.47. The number of carbonyl (C=O) groups excluding carboxylic acids is 2. The Hall–Kier alpha value is -1.14. The van der Waals surface area contributed by atoms with E-state index < -0.39 is 0 Å². The molecule has 1 N–H and O–H groups in total. The van der Waals surface area contributed by atoms with Gasteiger partial charge in [0.2, 0.25) is 0 Å². The number of esters is 2. The van der Waals surface area contributed by atoms with E-state index in [0.29, 0.717) is 30.3 Å². The van der Waals surface area contributed by atoms with Gasteiger partial charge in [-0.25, -0.2) is 0 Å². The molecule has 0 amide bonds. The van der Waals surface area contributed by atoms with Gasteiger partial charge in [-0.15, -0.1) is 0 Å². The SMILES string of the molecule is CCCCCCCCCCC(C)OC(=O)CCCCCC(CCCCCCCC(=O)OC(CCCCCCCC)CCCCCCCC)NC1CC2(COC2)C1. The summed E-state index contributed by atoms with van der Waals surface area (Å²) in [7, 11) is 0. The van der Waals surface area contributed by atoms with Gasteiger partial charge in [0.25, 0.3) is 0 Å². The Morgan fingerprint density at radius 3 is 1.34 bits per heavy atom. The number of nitrogens with one attached hydrogen (secondary N) is 1. The highest BCUT2D eigenvalue weighted by molar-refractivity contribution is 5.69. The highest BCUT2D eigenvalue weighted by atomic mass is 16.5. The third-order valence-corrected chi connectivity index (χ3v) is 12.9. The molecule has 1 saturated heterocycles. The topological polar surface area (TPSA) is 73.9 Å². The largest absolute Gasteiger partial charge is 0.463 e. The second-order valence-electron chi connectivity index (χ2n) is 18.7. The number of unbranched alkanes of at least 4 members (excludes halogenated alkanes) is 23. The van der Waals surface area contributed by atoms with E-state index in [1.807, 2.05) is 0 Å². The van der Waals surface area contributed by atoms with Crippen molar-refractivity contribution in [3.8, 4) is 0 Å². The quantitative estimate of drug-likeness (QED) is 0.0491. The van der Waals surface area contributed by atoms with E-state index >= 15 is 0 Å². The van der Waals surface area contributed by atoms with E-state index in [-0.39, 0.29) is 24.1 Å². The third-order valence-electron chi connectivity index (χ3n) is 12.9. The molecule has 2 fully saturated rings. The van der Waals surface area contributed by atoms with Gasteiger partial charge in [-0.2, -0.15) is 0 Å². The van der Waals surface area contributed by atoms with Crippen LogP contribution in [0.2, 0.25) is 0 Å². The van der Waals surface area contributed by atoms with Crippen molar-refractivity contribution in [2.75, 3.05) is 13.2 Å². The van der Waals surface area contributed by atoms with E-state index in [1.54, 1.807) is 0 Å². The molecule has 0 aromatic heterocycles. The van der Waals surface area contributed by atoms with E-state index in [2.05, 4.69) is 33.0 Å². The van der Waals surface area contributed by atoms with Crippen LogP contribution >= 0.6 is 0 Å². The standard InChI is InChI=1S/C50H95NO5/c1-5-8-11-14-17-18-20-26-33-44(4)55-48(52)38-32-25-28-35-45(51-46-40-50(41-46)42-54-43-50)34-27-21-19-24-31-39-49(53)56-47(36-29-22-15-12-9-6-2)37-30-23-16-13-10-7-3/h44-47,51H,5-43H2,1-4H3. The molecular formula is C50H95NO5. The van der Waals surface area contributed by atoms with Crippen LogP contribution in [0.25, 0.3) is 0 Å². The zero-order chi connectivity index (χ0) is 40.4. The zero-order valence-electron chi connectivity index (χ0n) is 37.9. The van der Waals surface area contributed by atoms with Gasteiger partial charge in [-0.3, -0.25) is 9.59 Å². The minimum atomic E-state index is -0.0105. The molecule has 2 aliphatic rings. The van der Waals surface area contributed by atoms with Gasteiger partial charge in [0.1, 0.15) is 6.10 Å². The molecule has 1 heterocycles. The fourth-order valence-electron chi connectivity index (χ4n) is 9.12. The lowest BCUT2D eigenvalue weighted by Crippen LogP contribution is -2.60. The summed E-state index contributed by atoms with van der Waals surface area (Å²) in [6.45, 7) is 10.8. The Morgan fingerprint density at radius 2 is 0.893 bits per heavy atom. The number of carbonyl (C=O) groups is 2. The van der Waals surface area contributed by atoms with Crippen molar-refractivity contribution in [2.45, 2.75) is 290 Å². The number of ether oxygens (including phenoxy) is 3. The van der Waals surface area contributed by atoms with Gasteiger partial charge in [0.15, 0.2) is 0 Å². The lowest BCUT2D eigenvalue weighted by Gasteiger charge is -2.54. The van der Waals surface area contributed by atoms with Crippen molar-refractivity contribution in [1.82, 2.24) is 5.32 Å². The van der Waals surface area contributed by atoms with Crippen LogP contribution in [0.15, 0.2) is 0 Å². The summed E-state index contributed by atoms with van der Waals surface area (Å²) in [5.41, 5.74) is 0.484. The van der Waals surface area contributed by atoms with Crippen LogP contribution in [0.1, 0.15) is 265 Å². The number of hydrogen-bond donors (Lipinski definition) is 1. The van der Waals surface area contributed by atoms with E-state index in [4.69, 9.17) is 14.2 Å². The third kappa shape index (κ3) is 26.8. The molecule has 2 rings (SSSR count). The second kappa shape index (κ2) is 34.7. The molecule has 1 aliphatic carbocycles. The van der Waals surface area contributed by atoms with Gasteiger partial charge in [-0.05, 0) is 84.0 Å². The van der Waals surface area contributed by atoms with Crippen molar-refractivity contribution in [1.29, 1.82) is 0 Å². The van der Waals surface area contributed by atoms with Crippen molar-refractivity contribution >= 4 is 11.9 Å². The fourth-order valence-corrected chi connectivity index (χ4v) is 9.12. The first-order valence-electron chi connectivity index (χ1n) is 25.1. The molecule has 56 heavy (non-hydrogen) atoms. The summed E-state index contributed by atoms with van der Waals surface area (Å²) < 4.78 is 17.3. The number of rotatable bonds is 41. The summed E-state index contributed by atoms with van der Waals surface area (Å²) in [6, 6.07) is 1.19. The fraction of sp³-hybridized carbons (Fsp3) is 0.960. The van der Waals surface area contributed by atoms with Gasteiger partial charge >= 0.3 is 11.9 Å². The van der Waals surface area contributed by atoms with Gasteiger partial charge in [0, 0.05) is 30.3 Å². The first kappa shape index (κ1) is 51.0. The first-order valence-corrected chi connectivity index (χ1v) is 25.1. The molecule has 0 bridgehead atoms. The summed E-state index contributed by atoms with van der Waals surface area (Å²) in [5.74, 6) is 0.0246. The van der Waals surface area contributed by atoms with Crippen LogP contribution in [-0.2, 0) is 23.8 Å². The Labute approximate surface area is 348 Å². The molecule has 330 valence electrons. The zero-order valence-corrected chi connectivity index (χ0v) is 37.9. The van der Waals surface area contributed by atoms with Gasteiger partial charge < -0.3 is 19.5 Å². The molecule has 0 aromatic rings. The molecule has 0 aromatic carbocycles. The molecule has 6 heteroatoms. The molecule has 1 saturated carbocycles. The maximum atomic E-state index is 12.8. The first-order chi connectivity index (χ1) is 27.4. The Balaban J connectivity index is 1.58. The second-order valence-corrected chi connectivity index (χ2v) is 18.7. The van der Waals surface area contributed by atoms with Gasteiger partial charge in [0.05, 0.1) is 19.3 Å². The molecular weight excluding hydrogens is 695 g/mol. The predicted octanol–water partition coefficient (Wildman–Crippen LogP) is 14.7. The predicted molar refractivity (Wildman–Crippen MR) is 237 cm³/mol. The molecule has 1 aliphatic heterocycles. The normalized spacial score (nSPS) is 16.2. The van der Waals surface area contributed by atoms with Crippen LogP contribution < -0.4 is 5.32 Å². The van der Waals surface area contributed by atoms with Crippen LogP contribution in [0.4, 0.5) is 0 Å². The Bertz CT molecular complexity index is 897. The lowest BCUT2D eigenvalue weighted by molar-refractivity contribution is -0.168. The monoisotopic (exact) mass is 790 g/mol. The summed E-state index contributed by atoms with van der Waals surface area (Å²) >= 11 is 0. The van der Waals surface area contributed by atoms with Gasteiger partial charge in [-0.1, -0.05) is 168 Å². The number of hydrogen-bond acceptors (Lipinski definition) is 6. The van der Waals surface area contributed by atoms with E-state index in [1.165, 1.54) is 180 Å². The van der Waals surface area contributed by atoms with E-state index in [0.717, 1.165) is 58.2 Å². The highest BCUT2D eigenvalue weighted by Gasteiger charge is 2.49. The Morgan fingerprint density at radius 1 is 0.518 bits per heavy atom. The molecule has 1 spiro atoms. The smallest absolute Gasteiger partial charge is 0.306 e. The molecule has 2 atom stereocenters. The summed E-state index contributed by atoms with van der Waals surface area (Å²) in [5, 5.41) is 4.02. The average Bonchev–Trinajstić information content (AvgIpc) is 3.14. The average molecular weight is 790 g/mol. The molecule has 6 nitrogen and oxygen atoms in total.